The molecule has 2 aromatic carbocycles. The largest absolute Gasteiger partial charge is 0.326 e. The Morgan fingerprint density at radius 1 is 0.950 bits per heavy atom. The fraction of sp³-hybridized carbons (Fsp3) is 0.278. The van der Waals surface area contributed by atoms with Crippen molar-refractivity contribution in [3.05, 3.63) is 65.2 Å². The minimum atomic E-state index is -0.100. The Balaban J connectivity index is 2.13. The van der Waals surface area contributed by atoms with E-state index >= 15 is 0 Å². The molecular formula is C18H21NO. The zero-order valence-corrected chi connectivity index (χ0v) is 12.3. The molecule has 0 spiro atoms. The van der Waals surface area contributed by atoms with Crippen molar-refractivity contribution in [3.63, 3.8) is 0 Å². The highest BCUT2D eigenvalue weighted by molar-refractivity contribution is 5.95. The number of anilines is 1. The second-order valence-electron chi connectivity index (χ2n) is 5.23. The number of hydrogen-bond acceptors (Lipinski definition) is 1. The van der Waals surface area contributed by atoms with E-state index in [9.17, 15) is 4.79 Å². The average Bonchev–Trinajstić information content (AvgIpc) is 2.44. The molecule has 0 saturated heterocycles. The van der Waals surface area contributed by atoms with Crippen molar-refractivity contribution in [2.75, 3.05) is 5.32 Å². The minimum absolute atomic E-state index is 0.0557. The predicted octanol–water partition coefficient (Wildman–Crippen LogP) is 4.44. The van der Waals surface area contributed by atoms with Gasteiger partial charge in [-0.05, 0) is 38.0 Å². The van der Waals surface area contributed by atoms with E-state index in [2.05, 4.69) is 24.4 Å². The van der Waals surface area contributed by atoms with Gasteiger partial charge in [0.2, 0.25) is 5.91 Å². The summed E-state index contributed by atoms with van der Waals surface area (Å²) < 4.78 is 0. The molecule has 2 nitrogen and oxygen atoms in total. The summed E-state index contributed by atoms with van der Waals surface area (Å²) in [5.74, 6) is -0.0443. The first-order chi connectivity index (χ1) is 9.60. The van der Waals surface area contributed by atoms with Crippen LogP contribution in [0.4, 0.5) is 5.69 Å². The van der Waals surface area contributed by atoms with Gasteiger partial charge in [-0.1, -0.05) is 54.4 Å². The number of hydrogen-bond donors (Lipinski definition) is 1. The third-order valence-electron chi connectivity index (χ3n) is 3.52. The van der Waals surface area contributed by atoms with Gasteiger partial charge in [-0.3, -0.25) is 4.79 Å². The summed E-state index contributed by atoms with van der Waals surface area (Å²) in [6.07, 6.45) is 0.792. The van der Waals surface area contributed by atoms with Gasteiger partial charge < -0.3 is 5.32 Å². The zero-order chi connectivity index (χ0) is 14.5. The molecule has 0 radical (unpaired) electrons. The molecule has 104 valence electrons. The number of aryl methyl sites for hydroxylation is 2. The molecule has 2 heteroatoms. The van der Waals surface area contributed by atoms with Crippen molar-refractivity contribution in [1.29, 1.82) is 0 Å². The Bertz CT molecular complexity index is 569. The molecule has 2 rings (SSSR count). The highest BCUT2D eigenvalue weighted by Gasteiger charge is 2.18. The van der Waals surface area contributed by atoms with Crippen LogP contribution in [0.3, 0.4) is 0 Å². The third-order valence-corrected chi connectivity index (χ3v) is 3.52. The summed E-state index contributed by atoms with van der Waals surface area (Å²) in [6, 6.07) is 16.1. The summed E-state index contributed by atoms with van der Waals surface area (Å²) in [6.45, 7) is 6.13. The SMILES string of the molecule is CC[C@@H](C(=O)Nc1ccc(C)cc1)c1ccc(C)cc1. The molecule has 20 heavy (non-hydrogen) atoms. The van der Waals surface area contributed by atoms with Gasteiger partial charge in [0.25, 0.3) is 0 Å². The van der Waals surface area contributed by atoms with E-state index in [-0.39, 0.29) is 11.8 Å². The maximum Gasteiger partial charge on any atom is 0.231 e. The first kappa shape index (κ1) is 14.3. The van der Waals surface area contributed by atoms with Crippen LogP contribution in [-0.2, 0) is 4.79 Å². The van der Waals surface area contributed by atoms with Crippen LogP contribution < -0.4 is 5.32 Å². The molecule has 0 unspecified atom stereocenters. The number of rotatable bonds is 4. The minimum Gasteiger partial charge on any atom is -0.326 e. The van der Waals surface area contributed by atoms with Crippen molar-refractivity contribution < 1.29 is 4.79 Å². The van der Waals surface area contributed by atoms with Crippen molar-refractivity contribution >= 4 is 11.6 Å². The Morgan fingerprint density at radius 3 is 1.95 bits per heavy atom. The normalized spacial score (nSPS) is 11.9. The first-order valence-electron chi connectivity index (χ1n) is 7.04. The number of benzene rings is 2. The van der Waals surface area contributed by atoms with Crippen LogP contribution in [0, 0.1) is 13.8 Å². The maximum absolute atomic E-state index is 12.4. The summed E-state index contributed by atoms with van der Waals surface area (Å²) in [5, 5.41) is 2.99. The Morgan fingerprint density at radius 2 is 1.45 bits per heavy atom. The summed E-state index contributed by atoms with van der Waals surface area (Å²) >= 11 is 0. The van der Waals surface area contributed by atoms with Crippen LogP contribution >= 0.6 is 0 Å². The van der Waals surface area contributed by atoms with E-state index in [0.29, 0.717) is 0 Å². The van der Waals surface area contributed by atoms with Crippen molar-refractivity contribution in [3.8, 4) is 0 Å². The summed E-state index contributed by atoms with van der Waals surface area (Å²) in [5.41, 5.74) is 4.32. The number of carbonyl (C=O) groups excluding carboxylic acids is 1. The van der Waals surface area contributed by atoms with Crippen molar-refractivity contribution in [2.24, 2.45) is 0 Å². The van der Waals surface area contributed by atoms with E-state index < -0.39 is 0 Å². The molecule has 1 atom stereocenters. The van der Waals surface area contributed by atoms with E-state index in [1.165, 1.54) is 11.1 Å². The van der Waals surface area contributed by atoms with Gasteiger partial charge in [0.15, 0.2) is 0 Å². The van der Waals surface area contributed by atoms with E-state index in [1.54, 1.807) is 0 Å². The highest BCUT2D eigenvalue weighted by Crippen LogP contribution is 2.22. The van der Waals surface area contributed by atoms with Crippen LogP contribution in [0.1, 0.15) is 36.0 Å². The van der Waals surface area contributed by atoms with E-state index in [1.807, 2.05) is 50.2 Å². The van der Waals surface area contributed by atoms with Crippen LogP contribution in [0.2, 0.25) is 0 Å². The summed E-state index contributed by atoms with van der Waals surface area (Å²) in [7, 11) is 0. The maximum atomic E-state index is 12.4. The van der Waals surface area contributed by atoms with Crippen LogP contribution in [0.15, 0.2) is 48.5 Å². The lowest BCUT2D eigenvalue weighted by Gasteiger charge is -2.16. The quantitative estimate of drug-likeness (QED) is 0.872. The van der Waals surface area contributed by atoms with Gasteiger partial charge >= 0.3 is 0 Å². The fourth-order valence-corrected chi connectivity index (χ4v) is 2.24. The second-order valence-corrected chi connectivity index (χ2v) is 5.23. The van der Waals surface area contributed by atoms with Gasteiger partial charge in [-0.2, -0.15) is 0 Å². The molecule has 2 aromatic rings. The van der Waals surface area contributed by atoms with Gasteiger partial charge in [0.1, 0.15) is 0 Å². The molecule has 0 aliphatic carbocycles. The average molecular weight is 267 g/mol. The van der Waals surface area contributed by atoms with Crippen LogP contribution in [-0.4, -0.2) is 5.91 Å². The molecule has 0 fully saturated rings. The second kappa shape index (κ2) is 6.38. The Kier molecular flexibility index (Phi) is 4.57. The number of nitrogens with one attached hydrogen (secondary N) is 1. The lowest BCUT2D eigenvalue weighted by atomic mass is 9.94. The smallest absolute Gasteiger partial charge is 0.231 e. The molecular weight excluding hydrogens is 246 g/mol. The van der Waals surface area contributed by atoms with Gasteiger partial charge in [0, 0.05) is 5.69 Å². The third kappa shape index (κ3) is 3.47. The standard InChI is InChI=1S/C18H21NO/c1-4-17(15-9-5-13(2)6-10-15)18(20)19-16-11-7-14(3)8-12-16/h5-12,17H,4H2,1-3H3,(H,19,20)/t17-/m1/s1. The Labute approximate surface area is 120 Å². The van der Waals surface area contributed by atoms with E-state index in [0.717, 1.165) is 17.7 Å². The van der Waals surface area contributed by atoms with Crippen molar-refractivity contribution in [1.82, 2.24) is 0 Å². The highest BCUT2D eigenvalue weighted by atomic mass is 16.1. The van der Waals surface area contributed by atoms with Gasteiger partial charge in [0.05, 0.1) is 5.92 Å². The number of amides is 1. The van der Waals surface area contributed by atoms with Crippen molar-refractivity contribution in [2.45, 2.75) is 33.1 Å². The first-order valence-corrected chi connectivity index (χ1v) is 7.04. The fourth-order valence-electron chi connectivity index (χ4n) is 2.24. The lowest BCUT2D eigenvalue weighted by Crippen LogP contribution is -2.20. The topological polar surface area (TPSA) is 29.1 Å². The molecule has 0 aromatic heterocycles. The number of carbonyl (C=O) groups is 1. The predicted molar refractivity (Wildman–Crippen MR) is 84.0 cm³/mol. The molecule has 0 saturated carbocycles. The van der Waals surface area contributed by atoms with E-state index in [4.69, 9.17) is 0 Å². The molecule has 1 amide bonds. The molecule has 0 bridgehead atoms. The molecule has 0 aliphatic rings. The van der Waals surface area contributed by atoms with Gasteiger partial charge in [-0.25, -0.2) is 0 Å². The monoisotopic (exact) mass is 267 g/mol. The lowest BCUT2D eigenvalue weighted by molar-refractivity contribution is -0.117. The van der Waals surface area contributed by atoms with Crippen LogP contribution in [0.5, 0.6) is 0 Å². The van der Waals surface area contributed by atoms with Gasteiger partial charge in [-0.15, -0.1) is 0 Å². The summed E-state index contributed by atoms with van der Waals surface area (Å²) in [4.78, 5) is 12.4. The Hall–Kier alpha value is -2.09. The molecule has 1 N–H and O–H groups in total. The zero-order valence-electron chi connectivity index (χ0n) is 12.3. The van der Waals surface area contributed by atoms with Crippen LogP contribution in [0.25, 0.3) is 0 Å². The molecule has 0 aliphatic heterocycles. The molecule has 0 heterocycles.